The van der Waals surface area contributed by atoms with E-state index in [-0.39, 0.29) is 21.1 Å². The molecule has 2 heteroatoms. The van der Waals surface area contributed by atoms with Gasteiger partial charge in [0.15, 0.2) is 0 Å². The van der Waals surface area contributed by atoms with Gasteiger partial charge in [0.2, 0.25) is 0 Å². The molecule has 0 saturated carbocycles. The van der Waals surface area contributed by atoms with Crippen molar-refractivity contribution in [3.8, 4) is 0 Å². The Kier molecular flexibility index (Phi) is 10.1. The molecule has 0 aliphatic carbocycles. The van der Waals surface area contributed by atoms with Crippen molar-refractivity contribution in [2.75, 3.05) is 13.1 Å². The third-order valence-corrected chi connectivity index (χ3v) is 0.894. The first-order chi connectivity index (χ1) is 2.81. The predicted octanol–water partition coefficient (Wildman–Crippen LogP) is 1.12. The standard InChI is InChI=1S/C5H12N.W/c1-4-6(3)5-2;/h3-5H2,1-2H3;/q-1;. The Hall–Kier alpha value is 0.648. The van der Waals surface area contributed by atoms with Gasteiger partial charge in [0.1, 0.15) is 0 Å². The maximum absolute atomic E-state index is 3.71. The SMILES string of the molecule is [CH2-]N(CC)CC.[W]. The van der Waals surface area contributed by atoms with Gasteiger partial charge < -0.3 is 4.90 Å². The van der Waals surface area contributed by atoms with Crippen molar-refractivity contribution >= 4 is 0 Å². The second-order valence-corrected chi connectivity index (χ2v) is 1.30. The molecular formula is C5H12NW-. The van der Waals surface area contributed by atoms with Gasteiger partial charge in [0.05, 0.1) is 0 Å². The maximum Gasteiger partial charge on any atom is 0 e. The van der Waals surface area contributed by atoms with Crippen molar-refractivity contribution in [2.45, 2.75) is 13.8 Å². The molecule has 0 radical (unpaired) electrons. The van der Waals surface area contributed by atoms with Crippen molar-refractivity contribution in [2.24, 2.45) is 0 Å². The van der Waals surface area contributed by atoms with Gasteiger partial charge in [0.25, 0.3) is 0 Å². The summed E-state index contributed by atoms with van der Waals surface area (Å²) in [6.45, 7) is 6.29. The molecule has 0 heterocycles. The summed E-state index contributed by atoms with van der Waals surface area (Å²) in [6.07, 6.45) is 0. The molecule has 0 aromatic rings. The third-order valence-electron chi connectivity index (χ3n) is 0.894. The van der Waals surface area contributed by atoms with E-state index in [4.69, 9.17) is 0 Å². The van der Waals surface area contributed by atoms with E-state index in [0.717, 1.165) is 13.1 Å². The van der Waals surface area contributed by atoms with Gasteiger partial charge in [-0.1, -0.05) is 13.8 Å². The van der Waals surface area contributed by atoms with Crippen molar-refractivity contribution in [1.29, 1.82) is 0 Å². The summed E-state index contributed by atoms with van der Waals surface area (Å²) in [6, 6.07) is 0. The topological polar surface area (TPSA) is 3.24 Å². The van der Waals surface area contributed by atoms with E-state index in [0.29, 0.717) is 0 Å². The van der Waals surface area contributed by atoms with Crippen molar-refractivity contribution in [3.63, 3.8) is 0 Å². The third kappa shape index (κ3) is 6.65. The summed E-state index contributed by atoms with van der Waals surface area (Å²) in [4.78, 5) is 2.00. The zero-order valence-corrected chi connectivity index (χ0v) is 7.91. The summed E-state index contributed by atoms with van der Waals surface area (Å²) < 4.78 is 0. The fourth-order valence-corrected chi connectivity index (χ4v) is 0.224. The van der Waals surface area contributed by atoms with Gasteiger partial charge in [0, 0.05) is 21.1 Å². The van der Waals surface area contributed by atoms with Crippen LogP contribution in [0.15, 0.2) is 0 Å². The van der Waals surface area contributed by atoms with Crippen molar-refractivity contribution < 1.29 is 21.1 Å². The van der Waals surface area contributed by atoms with Crippen molar-refractivity contribution in [3.05, 3.63) is 7.05 Å². The summed E-state index contributed by atoms with van der Waals surface area (Å²) in [5.41, 5.74) is 0. The smallest absolute Gasteiger partial charge is 0 e. The van der Waals surface area contributed by atoms with Gasteiger partial charge in [-0.2, -0.15) is 0 Å². The first-order valence-electron chi connectivity index (χ1n) is 2.36. The minimum atomic E-state index is 0. The van der Waals surface area contributed by atoms with Gasteiger partial charge in [-0.3, -0.25) is 7.05 Å². The molecule has 0 bridgehead atoms. The minimum absolute atomic E-state index is 0. The van der Waals surface area contributed by atoms with Gasteiger partial charge in [-0.15, -0.1) is 0 Å². The minimum Gasteiger partial charge on any atom is -0.460 e. The quantitative estimate of drug-likeness (QED) is 0.679. The van der Waals surface area contributed by atoms with Crippen LogP contribution in [0.2, 0.25) is 0 Å². The van der Waals surface area contributed by atoms with Gasteiger partial charge >= 0.3 is 0 Å². The molecule has 0 aromatic carbocycles. The molecule has 0 saturated heterocycles. The molecule has 0 rings (SSSR count). The van der Waals surface area contributed by atoms with Crippen molar-refractivity contribution in [1.82, 2.24) is 4.90 Å². The molecule has 0 fully saturated rings. The van der Waals surface area contributed by atoms with Crippen LogP contribution in [0.3, 0.4) is 0 Å². The van der Waals surface area contributed by atoms with Crippen LogP contribution in [-0.4, -0.2) is 18.0 Å². The summed E-state index contributed by atoms with van der Waals surface area (Å²) >= 11 is 0. The summed E-state index contributed by atoms with van der Waals surface area (Å²) in [7, 11) is 3.71. The Morgan fingerprint density at radius 1 is 1.29 bits per heavy atom. The molecule has 0 aromatic heterocycles. The molecule has 1 nitrogen and oxygen atoms in total. The fraction of sp³-hybridized carbons (Fsp3) is 0.800. The molecule has 0 aliphatic rings. The second-order valence-electron chi connectivity index (χ2n) is 1.30. The van der Waals surface area contributed by atoms with Crippen LogP contribution in [0.5, 0.6) is 0 Å². The Labute approximate surface area is 60.3 Å². The first kappa shape index (κ1) is 10.6. The van der Waals surface area contributed by atoms with Crippen LogP contribution < -0.4 is 0 Å². The number of hydrogen-bond donors (Lipinski definition) is 0. The van der Waals surface area contributed by atoms with Crippen LogP contribution in [0, 0.1) is 7.05 Å². The second kappa shape index (κ2) is 6.65. The predicted molar refractivity (Wildman–Crippen MR) is 28.3 cm³/mol. The van der Waals surface area contributed by atoms with E-state index in [2.05, 4.69) is 20.9 Å². The van der Waals surface area contributed by atoms with E-state index in [1.807, 2.05) is 4.90 Å². The summed E-state index contributed by atoms with van der Waals surface area (Å²) in [5, 5.41) is 0. The molecule has 0 unspecified atom stereocenters. The molecular weight excluding hydrogens is 258 g/mol. The Bertz CT molecular complexity index is 27.3. The fourth-order valence-electron chi connectivity index (χ4n) is 0.224. The average Bonchev–Trinajstić information content (AvgIpc) is 1.65. The van der Waals surface area contributed by atoms with E-state index < -0.39 is 0 Å². The summed E-state index contributed by atoms with van der Waals surface area (Å²) in [5.74, 6) is 0. The molecule has 0 atom stereocenters. The van der Waals surface area contributed by atoms with Gasteiger partial charge in [-0.05, 0) is 13.1 Å². The molecule has 0 N–H and O–H groups in total. The monoisotopic (exact) mass is 270 g/mol. The largest absolute Gasteiger partial charge is 0.460 e. The number of hydrogen-bond acceptors (Lipinski definition) is 1. The Morgan fingerprint density at radius 3 is 1.57 bits per heavy atom. The van der Waals surface area contributed by atoms with E-state index in [1.165, 1.54) is 0 Å². The average molecular weight is 270 g/mol. The van der Waals surface area contributed by atoms with Crippen LogP contribution in [0.4, 0.5) is 0 Å². The molecule has 0 spiro atoms. The molecule has 0 aliphatic heterocycles. The number of rotatable bonds is 2. The zero-order valence-electron chi connectivity index (χ0n) is 4.98. The normalized spacial score (nSPS) is 8.57. The number of nitrogens with zero attached hydrogens (tertiary/aromatic N) is 1. The van der Waals surface area contributed by atoms with Crippen LogP contribution >= 0.6 is 0 Å². The van der Waals surface area contributed by atoms with Crippen LogP contribution in [0.25, 0.3) is 0 Å². The van der Waals surface area contributed by atoms with E-state index in [9.17, 15) is 0 Å². The Morgan fingerprint density at radius 2 is 1.57 bits per heavy atom. The van der Waals surface area contributed by atoms with E-state index >= 15 is 0 Å². The zero-order chi connectivity index (χ0) is 4.99. The molecule has 44 valence electrons. The Balaban J connectivity index is 0. The molecule has 0 amide bonds. The van der Waals surface area contributed by atoms with Gasteiger partial charge in [-0.25, -0.2) is 0 Å². The first-order valence-corrected chi connectivity index (χ1v) is 2.36. The molecule has 7 heavy (non-hydrogen) atoms. The van der Waals surface area contributed by atoms with E-state index in [1.54, 1.807) is 0 Å². The van der Waals surface area contributed by atoms with Crippen LogP contribution in [-0.2, 0) is 21.1 Å². The maximum atomic E-state index is 3.71. The van der Waals surface area contributed by atoms with Crippen LogP contribution in [0.1, 0.15) is 13.8 Å².